The lowest BCUT2D eigenvalue weighted by Crippen LogP contribution is -2.59. The predicted octanol–water partition coefficient (Wildman–Crippen LogP) is 2.46. The monoisotopic (exact) mass is 211 g/mol. The first-order valence-corrected chi connectivity index (χ1v) is 6.68. The molecule has 2 unspecified atom stereocenters. The van der Waals surface area contributed by atoms with Gasteiger partial charge in [0.15, 0.2) is 0 Å². The molecule has 2 heteroatoms. The summed E-state index contributed by atoms with van der Waals surface area (Å²) in [6.45, 7) is 2.64. The van der Waals surface area contributed by atoms with Crippen molar-refractivity contribution in [3.05, 3.63) is 0 Å². The zero-order valence-electron chi connectivity index (χ0n) is 9.97. The molecule has 0 aromatic heterocycles. The standard InChI is InChI=1S/C13H25NO/c1-2-11-6-3-4-7-12(11)14-13(10-15)8-5-9-13/h11-12,14-15H,2-10H2,1H3. The zero-order chi connectivity index (χ0) is 10.7. The van der Waals surface area contributed by atoms with Crippen molar-refractivity contribution in [2.24, 2.45) is 5.92 Å². The van der Waals surface area contributed by atoms with Crippen LogP contribution in [0.1, 0.15) is 58.3 Å². The van der Waals surface area contributed by atoms with Crippen LogP contribution in [0.4, 0.5) is 0 Å². The minimum Gasteiger partial charge on any atom is -0.394 e. The van der Waals surface area contributed by atoms with Crippen LogP contribution in [0.25, 0.3) is 0 Å². The number of aliphatic hydroxyl groups is 1. The molecule has 2 rings (SSSR count). The van der Waals surface area contributed by atoms with Crippen LogP contribution in [0.5, 0.6) is 0 Å². The van der Waals surface area contributed by atoms with E-state index in [-0.39, 0.29) is 5.54 Å². The number of hydrogen-bond acceptors (Lipinski definition) is 2. The Morgan fingerprint density at radius 1 is 1.20 bits per heavy atom. The molecule has 2 nitrogen and oxygen atoms in total. The topological polar surface area (TPSA) is 32.3 Å². The number of aliphatic hydroxyl groups excluding tert-OH is 1. The second-order valence-electron chi connectivity index (χ2n) is 5.50. The van der Waals surface area contributed by atoms with Crippen LogP contribution >= 0.6 is 0 Å². The molecule has 2 atom stereocenters. The van der Waals surface area contributed by atoms with Crippen molar-refractivity contribution in [2.45, 2.75) is 69.9 Å². The van der Waals surface area contributed by atoms with Gasteiger partial charge in [-0.1, -0.05) is 26.2 Å². The van der Waals surface area contributed by atoms with E-state index < -0.39 is 0 Å². The molecule has 0 aliphatic heterocycles. The molecule has 2 N–H and O–H groups in total. The fourth-order valence-corrected chi connectivity index (χ4v) is 3.23. The van der Waals surface area contributed by atoms with Crippen LogP contribution in [0, 0.1) is 5.92 Å². The molecule has 0 bridgehead atoms. The third-order valence-electron chi connectivity index (χ3n) is 4.54. The van der Waals surface area contributed by atoms with Crippen molar-refractivity contribution in [1.29, 1.82) is 0 Å². The van der Waals surface area contributed by atoms with Gasteiger partial charge in [0.2, 0.25) is 0 Å². The van der Waals surface area contributed by atoms with Gasteiger partial charge in [-0.2, -0.15) is 0 Å². The van der Waals surface area contributed by atoms with Crippen LogP contribution in [-0.2, 0) is 0 Å². The highest BCUT2D eigenvalue weighted by atomic mass is 16.3. The van der Waals surface area contributed by atoms with E-state index in [1.165, 1.54) is 51.4 Å². The molecule has 2 aliphatic rings. The highest BCUT2D eigenvalue weighted by molar-refractivity contribution is 4.99. The molecule has 0 saturated heterocycles. The molecule has 2 aliphatic carbocycles. The zero-order valence-corrected chi connectivity index (χ0v) is 9.97. The Hall–Kier alpha value is -0.0800. The van der Waals surface area contributed by atoms with E-state index in [0.29, 0.717) is 12.6 Å². The molecule has 0 aromatic carbocycles. The molecule has 88 valence electrons. The van der Waals surface area contributed by atoms with Crippen LogP contribution in [0.3, 0.4) is 0 Å². The number of nitrogens with one attached hydrogen (secondary N) is 1. The lowest BCUT2D eigenvalue weighted by atomic mass is 9.74. The van der Waals surface area contributed by atoms with E-state index in [4.69, 9.17) is 0 Å². The molecular formula is C13H25NO. The lowest BCUT2D eigenvalue weighted by molar-refractivity contribution is 0.0580. The number of rotatable bonds is 4. The molecule has 0 amide bonds. The van der Waals surface area contributed by atoms with Gasteiger partial charge in [-0.05, 0) is 38.0 Å². The second kappa shape index (κ2) is 4.84. The molecule has 0 radical (unpaired) electrons. The van der Waals surface area contributed by atoms with Gasteiger partial charge < -0.3 is 10.4 Å². The summed E-state index contributed by atoms with van der Waals surface area (Å²) in [6.07, 6.45) is 10.4. The van der Waals surface area contributed by atoms with Crippen molar-refractivity contribution >= 4 is 0 Å². The van der Waals surface area contributed by atoms with Crippen LogP contribution in [0.2, 0.25) is 0 Å². The van der Waals surface area contributed by atoms with Gasteiger partial charge in [-0.3, -0.25) is 0 Å². The fourth-order valence-electron chi connectivity index (χ4n) is 3.23. The summed E-state index contributed by atoms with van der Waals surface area (Å²) in [7, 11) is 0. The van der Waals surface area contributed by atoms with Gasteiger partial charge in [0.25, 0.3) is 0 Å². The molecular weight excluding hydrogens is 186 g/mol. The normalized spacial score (nSPS) is 34.8. The van der Waals surface area contributed by atoms with E-state index in [0.717, 1.165) is 5.92 Å². The Morgan fingerprint density at radius 3 is 2.47 bits per heavy atom. The van der Waals surface area contributed by atoms with E-state index in [2.05, 4.69) is 12.2 Å². The van der Waals surface area contributed by atoms with Gasteiger partial charge in [0.1, 0.15) is 0 Å². The third-order valence-corrected chi connectivity index (χ3v) is 4.54. The first kappa shape index (κ1) is 11.4. The predicted molar refractivity (Wildman–Crippen MR) is 62.8 cm³/mol. The largest absolute Gasteiger partial charge is 0.394 e. The Morgan fingerprint density at radius 2 is 1.93 bits per heavy atom. The average molecular weight is 211 g/mol. The Kier molecular flexibility index (Phi) is 3.68. The molecule has 15 heavy (non-hydrogen) atoms. The van der Waals surface area contributed by atoms with E-state index >= 15 is 0 Å². The van der Waals surface area contributed by atoms with Crippen molar-refractivity contribution in [2.75, 3.05) is 6.61 Å². The van der Waals surface area contributed by atoms with Crippen LogP contribution in [-0.4, -0.2) is 23.3 Å². The minimum absolute atomic E-state index is 0.107. The Balaban J connectivity index is 1.90. The molecule has 2 saturated carbocycles. The maximum Gasteiger partial charge on any atom is 0.0613 e. The first-order chi connectivity index (χ1) is 7.29. The average Bonchev–Trinajstić information content (AvgIpc) is 2.24. The summed E-state index contributed by atoms with van der Waals surface area (Å²) in [5.74, 6) is 0.850. The van der Waals surface area contributed by atoms with E-state index in [9.17, 15) is 5.11 Å². The summed E-state index contributed by atoms with van der Waals surface area (Å²) < 4.78 is 0. The molecule has 0 aromatic rings. The Labute approximate surface area is 93.5 Å². The van der Waals surface area contributed by atoms with Crippen molar-refractivity contribution < 1.29 is 5.11 Å². The quantitative estimate of drug-likeness (QED) is 0.748. The fraction of sp³-hybridized carbons (Fsp3) is 1.00. The SMILES string of the molecule is CCC1CCCCC1NC1(CO)CCC1. The van der Waals surface area contributed by atoms with Crippen LogP contribution < -0.4 is 5.32 Å². The van der Waals surface area contributed by atoms with Crippen molar-refractivity contribution in [1.82, 2.24) is 5.32 Å². The van der Waals surface area contributed by atoms with Gasteiger partial charge >= 0.3 is 0 Å². The first-order valence-electron chi connectivity index (χ1n) is 6.68. The molecule has 0 heterocycles. The maximum atomic E-state index is 9.46. The number of hydrogen-bond donors (Lipinski definition) is 2. The van der Waals surface area contributed by atoms with Gasteiger partial charge in [-0.15, -0.1) is 0 Å². The lowest BCUT2D eigenvalue weighted by Gasteiger charge is -2.46. The summed E-state index contributed by atoms with van der Waals surface area (Å²) in [5, 5.41) is 13.2. The highest BCUT2D eigenvalue weighted by Crippen LogP contribution is 2.35. The second-order valence-corrected chi connectivity index (χ2v) is 5.50. The summed E-state index contributed by atoms with van der Waals surface area (Å²) >= 11 is 0. The third kappa shape index (κ3) is 2.36. The van der Waals surface area contributed by atoms with E-state index in [1.807, 2.05) is 0 Å². The van der Waals surface area contributed by atoms with E-state index in [1.54, 1.807) is 0 Å². The minimum atomic E-state index is 0.107. The molecule has 2 fully saturated rings. The van der Waals surface area contributed by atoms with Gasteiger partial charge in [0, 0.05) is 11.6 Å². The summed E-state index contributed by atoms with van der Waals surface area (Å²) in [4.78, 5) is 0. The highest BCUT2D eigenvalue weighted by Gasteiger charge is 2.39. The van der Waals surface area contributed by atoms with Gasteiger partial charge in [0.05, 0.1) is 6.61 Å². The van der Waals surface area contributed by atoms with Crippen molar-refractivity contribution in [3.8, 4) is 0 Å². The maximum absolute atomic E-state index is 9.46. The molecule has 0 spiro atoms. The summed E-state index contributed by atoms with van der Waals surface area (Å²) in [5.41, 5.74) is 0.107. The van der Waals surface area contributed by atoms with Crippen molar-refractivity contribution in [3.63, 3.8) is 0 Å². The smallest absolute Gasteiger partial charge is 0.0613 e. The van der Waals surface area contributed by atoms with Crippen LogP contribution in [0.15, 0.2) is 0 Å². The Bertz CT molecular complexity index is 195. The summed E-state index contributed by atoms with van der Waals surface area (Å²) in [6, 6.07) is 0.677. The van der Waals surface area contributed by atoms with Gasteiger partial charge in [-0.25, -0.2) is 0 Å².